The highest BCUT2D eigenvalue weighted by atomic mass is 32.2. The topological polar surface area (TPSA) is 85.2 Å². The Bertz CT molecular complexity index is 1240. The van der Waals surface area contributed by atoms with Crippen LogP contribution in [0.4, 0.5) is 5.69 Å². The summed E-state index contributed by atoms with van der Waals surface area (Å²) < 4.78 is 55.7. The number of nitrogens with one attached hydrogen (secondary N) is 1. The van der Waals surface area contributed by atoms with Crippen LogP contribution in [0.3, 0.4) is 0 Å². The molecule has 0 bridgehead atoms. The number of hydrogen-bond acceptors (Lipinski definition) is 4. The van der Waals surface area contributed by atoms with Crippen LogP contribution in [-0.2, 0) is 20.0 Å². The Morgan fingerprint density at radius 2 is 1.46 bits per heavy atom. The Balaban J connectivity index is 2.10. The van der Waals surface area contributed by atoms with Crippen LogP contribution >= 0.6 is 0 Å². The number of nitrogens with zero attached hydrogens (tertiary/aromatic N) is 1. The third-order valence-corrected chi connectivity index (χ3v) is 7.92. The number of aromatic nitrogens is 1. The van der Waals surface area contributed by atoms with E-state index in [9.17, 15) is 16.8 Å². The number of aryl methyl sites for hydroxylation is 3. The van der Waals surface area contributed by atoms with Crippen LogP contribution in [0, 0.1) is 27.7 Å². The van der Waals surface area contributed by atoms with Crippen LogP contribution in [0.15, 0.2) is 64.4 Å². The molecule has 0 amide bonds. The molecule has 6 nitrogen and oxygen atoms in total. The van der Waals surface area contributed by atoms with E-state index in [1.165, 1.54) is 25.1 Å². The Kier molecular flexibility index (Phi) is 5.12. The van der Waals surface area contributed by atoms with Gasteiger partial charge in [0.15, 0.2) is 0 Å². The summed E-state index contributed by atoms with van der Waals surface area (Å²) in [5, 5.41) is 0. The molecule has 0 aliphatic heterocycles. The van der Waals surface area contributed by atoms with Gasteiger partial charge in [0.2, 0.25) is 0 Å². The first kappa shape index (κ1) is 20.2. The SMILES string of the molecule is Cc1ccc(C)c(NS(=O)(=O)c2cc(C)n(S(=O)(=O)c3ccccc3)c2C)c1. The summed E-state index contributed by atoms with van der Waals surface area (Å²) in [6, 6.07) is 14.8. The number of rotatable bonds is 5. The van der Waals surface area contributed by atoms with Gasteiger partial charge in [0, 0.05) is 5.69 Å². The highest BCUT2D eigenvalue weighted by Crippen LogP contribution is 2.28. The van der Waals surface area contributed by atoms with Crippen molar-refractivity contribution < 1.29 is 16.8 Å². The van der Waals surface area contributed by atoms with Crippen molar-refractivity contribution in [3.05, 3.63) is 77.1 Å². The Hall–Kier alpha value is -2.58. The Morgan fingerprint density at radius 1 is 0.821 bits per heavy atom. The van der Waals surface area contributed by atoms with E-state index in [4.69, 9.17) is 0 Å². The van der Waals surface area contributed by atoms with E-state index < -0.39 is 20.0 Å². The van der Waals surface area contributed by atoms with Crippen molar-refractivity contribution in [2.24, 2.45) is 0 Å². The molecule has 0 aliphatic carbocycles. The fourth-order valence-electron chi connectivity index (χ4n) is 3.10. The Labute approximate surface area is 165 Å². The van der Waals surface area contributed by atoms with Crippen LogP contribution in [0.25, 0.3) is 0 Å². The van der Waals surface area contributed by atoms with Crippen molar-refractivity contribution >= 4 is 25.7 Å². The summed E-state index contributed by atoms with van der Waals surface area (Å²) in [5.74, 6) is 0. The van der Waals surface area contributed by atoms with Gasteiger partial charge in [-0.3, -0.25) is 4.72 Å². The van der Waals surface area contributed by atoms with Crippen molar-refractivity contribution in [1.82, 2.24) is 3.97 Å². The number of anilines is 1. The highest BCUT2D eigenvalue weighted by molar-refractivity contribution is 7.93. The molecule has 0 spiro atoms. The third-order valence-electron chi connectivity index (χ3n) is 4.53. The summed E-state index contributed by atoms with van der Waals surface area (Å²) in [5.41, 5.74) is 2.62. The molecule has 1 aromatic heterocycles. The molecule has 0 saturated carbocycles. The predicted octanol–water partition coefficient (Wildman–Crippen LogP) is 3.76. The third kappa shape index (κ3) is 3.57. The van der Waals surface area contributed by atoms with Gasteiger partial charge >= 0.3 is 0 Å². The lowest BCUT2D eigenvalue weighted by Crippen LogP contribution is -2.18. The largest absolute Gasteiger partial charge is 0.279 e. The second-order valence-electron chi connectivity index (χ2n) is 6.74. The van der Waals surface area contributed by atoms with Crippen molar-refractivity contribution in [2.75, 3.05) is 4.72 Å². The molecule has 0 atom stereocenters. The molecule has 0 radical (unpaired) electrons. The van der Waals surface area contributed by atoms with Crippen molar-refractivity contribution in [3.8, 4) is 0 Å². The lowest BCUT2D eigenvalue weighted by molar-refractivity contribution is 0.584. The summed E-state index contributed by atoms with van der Waals surface area (Å²) in [6.45, 7) is 6.74. The van der Waals surface area contributed by atoms with Gasteiger partial charge < -0.3 is 0 Å². The monoisotopic (exact) mass is 418 g/mol. The predicted molar refractivity (Wildman–Crippen MR) is 110 cm³/mol. The number of benzene rings is 2. The van der Waals surface area contributed by atoms with Crippen LogP contribution in [0.1, 0.15) is 22.5 Å². The summed E-state index contributed by atoms with van der Waals surface area (Å²) in [4.78, 5) is 0.0358. The van der Waals surface area contributed by atoms with E-state index >= 15 is 0 Å². The van der Waals surface area contributed by atoms with Gasteiger partial charge in [-0.1, -0.05) is 30.3 Å². The molecular weight excluding hydrogens is 396 g/mol. The van der Waals surface area contributed by atoms with Gasteiger partial charge in [0.1, 0.15) is 4.90 Å². The van der Waals surface area contributed by atoms with Gasteiger partial charge in [-0.05, 0) is 63.1 Å². The van der Waals surface area contributed by atoms with Crippen molar-refractivity contribution in [1.29, 1.82) is 0 Å². The molecule has 148 valence electrons. The van der Waals surface area contributed by atoms with Crippen LogP contribution < -0.4 is 4.72 Å². The van der Waals surface area contributed by atoms with Gasteiger partial charge in [0.05, 0.1) is 16.3 Å². The standard InChI is InChI=1S/C20H22N2O4S2/c1-14-10-11-15(2)19(12-14)21-27(23,24)20-13-16(3)22(17(20)4)28(25,26)18-8-6-5-7-9-18/h5-13,21H,1-4H3. The van der Waals surface area contributed by atoms with Gasteiger partial charge in [-0.2, -0.15) is 0 Å². The van der Waals surface area contributed by atoms with E-state index in [2.05, 4.69) is 4.72 Å². The first-order valence-electron chi connectivity index (χ1n) is 8.63. The number of sulfonamides is 1. The van der Waals surface area contributed by atoms with Crippen molar-refractivity contribution in [3.63, 3.8) is 0 Å². The zero-order valence-electron chi connectivity index (χ0n) is 16.1. The fourth-order valence-corrected chi connectivity index (χ4v) is 6.19. The number of hydrogen-bond donors (Lipinski definition) is 1. The van der Waals surface area contributed by atoms with Crippen molar-refractivity contribution in [2.45, 2.75) is 37.5 Å². The zero-order valence-corrected chi connectivity index (χ0v) is 17.7. The average Bonchev–Trinajstić information content (AvgIpc) is 2.94. The maximum atomic E-state index is 13.0. The van der Waals surface area contributed by atoms with Crippen LogP contribution in [0.2, 0.25) is 0 Å². The van der Waals surface area contributed by atoms with E-state index in [1.54, 1.807) is 38.1 Å². The second-order valence-corrected chi connectivity index (χ2v) is 10.2. The summed E-state index contributed by atoms with van der Waals surface area (Å²) in [7, 11) is -7.87. The fraction of sp³-hybridized carbons (Fsp3) is 0.200. The maximum absolute atomic E-state index is 13.0. The average molecular weight is 419 g/mol. The first-order chi connectivity index (χ1) is 13.0. The molecule has 0 fully saturated rings. The molecule has 0 aliphatic rings. The lowest BCUT2D eigenvalue weighted by Gasteiger charge is -2.13. The molecule has 3 rings (SSSR count). The summed E-state index contributed by atoms with van der Waals surface area (Å²) in [6.07, 6.45) is 0. The maximum Gasteiger partial charge on any atom is 0.268 e. The minimum atomic E-state index is -3.96. The molecule has 0 saturated heterocycles. The van der Waals surface area contributed by atoms with E-state index in [0.29, 0.717) is 11.4 Å². The molecule has 28 heavy (non-hydrogen) atoms. The molecule has 1 N–H and O–H groups in total. The van der Waals surface area contributed by atoms with Crippen LogP contribution in [0.5, 0.6) is 0 Å². The molecule has 2 aromatic carbocycles. The van der Waals surface area contributed by atoms with E-state index in [1.807, 2.05) is 19.1 Å². The van der Waals surface area contributed by atoms with Gasteiger partial charge in [-0.25, -0.2) is 20.8 Å². The quantitative estimate of drug-likeness (QED) is 0.684. The first-order valence-corrected chi connectivity index (χ1v) is 11.6. The van der Waals surface area contributed by atoms with E-state index in [-0.39, 0.29) is 15.5 Å². The zero-order chi connectivity index (χ0) is 20.7. The minimum Gasteiger partial charge on any atom is -0.279 e. The lowest BCUT2D eigenvalue weighted by atomic mass is 10.1. The summed E-state index contributed by atoms with van der Waals surface area (Å²) >= 11 is 0. The van der Waals surface area contributed by atoms with Gasteiger partial charge in [0.25, 0.3) is 20.0 Å². The molecule has 0 unspecified atom stereocenters. The van der Waals surface area contributed by atoms with E-state index in [0.717, 1.165) is 15.1 Å². The van der Waals surface area contributed by atoms with Gasteiger partial charge in [-0.15, -0.1) is 0 Å². The normalized spacial score (nSPS) is 12.1. The highest BCUT2D eigenvalue weighted by Gasteiger charge is 2.28. The smallest absolute Gasteiger partial charge is 0.268 e. The molecule has 1 heterocycles. The molecular formula is C20H22N2O4S2. The Morgan fingerprint density at radius 3 is 2.11 bits per heavy atom. The minimum absolute atomic E-state index is 0.0644. The van der Waals surface area contributed by atoms with Crippen LogP contribution in [-0.4, -0.2) is 20.8 Å². The molecule has 8 heteroatoms. The molecule has 3 aromatic rings. The second kappa shape index (κ2) is 7.10.